The lowest BCUT2D eigenvalue weighted by molar-refractivity contribution is 0.319. The third kappa shape index (κ3) is 2.99. The molecule has 0 unspecified atom stereocenters. The number of para-hydroxylation sites is 2. The van der Waals surface area contributed by atoms with Gasteiger partial charge in [-0.2, -0.15) is 4.98 Å². The zero-order chi connectivity index (χ0) is 14.5. The maximum Gasteiger partial charge on any atom is 0.227 e. The second-order valence-corrected chi connectivity index (χ2v) is 4.29. The van der Waals surface area contributed by atoms with Gasteiger partial charge in [-0.25, -0.2) is 4.98 Å². The Morgan fingerprint density at radius 1 is 1.10 bits per heavy atom. The molecular weight excluding hydrogens is 254 g/mol. The first-order valence-electron chi connectivity index (χ1n) is 6.68. The number of nitrogens with zero attached hydrogens (tertiary/aromatic N) is 2. The van der Waals surface area contributed by atoms with Gasteiger partial charge in [-0.15, -0.1) is 0 Å². The zero-order valence-corrected chi connectivity index (χ0v) is 12.0. The fourth-order valence-electron chi connectivity index (χ4n) is 1.73. The molecule has 0 saturated carbocycles. The van der Waals surface area contributed by atoms with Crippen molar-refractivity contribution in [2.75, 3.05) is 12.3 Å². The van der Waals surface area contributed by atoms with E-state index in [9.17, 15) is 0 Å². The second kappa shape index (κ2) is 6.23. The number of hydrogen-bond donors (Lipinski definition) is 1. The number of ether oxygens (including phenoxy) is 2. The predicted octanol–water partition coefficient (Wildman–Crippen LogP) is 3.12. The van der Waals surface area contributed by atoms with Gasteiger partial charge in [0.15, 0.2) is 11.5 Å². The average molecular weight is 273 g/mol. The molecular formula is C15H19N3O2. The van der Waals surface area contributed by atoms with Crippen LogP contribution in [0.1, 0.15) is 25.2 Å². The van der Waals surface area contributed by atoms with Crippen LogP contribution in [0.2, 0.25) is 0 Å². The Bertz CT molecular complexity index is 600. The van der Waals surface area contributed by atoms with Crippen LogP contribution in [0.4, 0.5) is 5.82 Å². The van der Waals surface area contributed by atoms with Gasteiger partial charge < -0.3 is 15.2 Å². The highest BCUT2D eigenvalue weighted by Crippen LogP contribution is 2.32. The minimum absolute atomic E-state index is 0.445. The summed E-state index contributed by atoms with van der Waals surface area (Å²) in [5, 5.41) is 0. The summed E-state index contributed by atoms with van der Waals surface area (Å²) in [6, 6.07) is 7.49. The molecule has 5 nitrogen and oxygen atoms in total. The summed E-state index contributed by atoms with van der Waals surface area (Å²) in [6.07, 6.45) is 0.702. The van der Waals surface area contributed by atoms with Crippen LogP contribution in [-0.2, 0) is 6.42 Å². The molecule has 106 valence electrons. The normalized spacial score (nSPS) is 10.3. The summed E-state index contributed by atoms with van der Waals surface area (Å²) >= 11 is 0. The summed E-state index contributed by atoms with van der Waals surface area (Å²) in [5.74, 6) is 2.89. The quantitative estimate of drug-likeness (QED) is 0.906. The van der Waals surface area contributed by atoms with Crippen molar-refractivity contribution in [3.63, 3.8) is 0 Å². The molecule has 0 atom stereocenters. The molecule has 1 heterocycles. The first-order valence-corrected chi connectivity index (χ1v) is 6.68. The van der Waals surface area contributed by atoms with E-state index in [1.807, 2.05) is 45.0 Å². The molecule has 0 radical (unpaired) electrons. The van der Waals surface area contributed by atoms with Gasteiger partial charge in [0.05, 0.1) is 12.2 Å². The summed E-state index contributed by atoms with van der Waals surface area (Å²) in [6.45, 7) is 6.32. The summed E-state index contributed by atoms with van der Waals surface area (Å²) in [5.41, 5.74) is 6.62. The molecule has 0 aliphatic carbocycles. The number of aryl methyl sites for hydroxylation is 1. The summed E-state index contributed by atoms with van der Waals surface area (Å²) in [7, 11) is 0. The van der Waals surface area contributed by atoms with E-state index < -0.39 is 0 Å². The van der Waals surface area contributed by atoms with Crippen LogP contribution in [0.25, 0.3) is 0 Å². The highest BCUT2D eigenvalue weighted by molar-refractivity contribution is 5.48. The molecule has 0 fully saturated rings. The number of anilines is 1. The topological polar surface area (TPSA) is 70.3 Å². The molecule has 1 aromatic carbocycles. The first kappa shape index (κ1) is 14.1. The van der Waals surface area contributed by atoms with Crippen molar-refractivity contribution < 1.29 is 9.47 Å². The fourth-order valence-corrected chi connectivity index (χ4v) is 1.73. The highest BCUT2D eigenvalue weighted by Gasteiger charge is 2.12. The molecule has 5 heteroatoms. The Morgan fingerprint density at radius 3 is 2.45 bits per heavy atom. The smallest absolute Gasteiger partial charge is 0.227 e. The zero-order valence-electron chi connectivity index (χ0n) is 12.0. The lowest BCUT2D eigenvalue weighted by Crippen LogP contribution is -2.05. The van der Waals surface area contributed by atoms with Crippen molar-refractivity contribution in [1.82, 2.24) is 9.97 Å². The van der Waals surface area contributed by atoms with Crippen LogP contribution < -0.4 is 15.2 Å². The average Bonchev–Trinajstić information content (AvgIpc) is 2.46. The van der Waals surface area contributed by atoms with Gasteiger partial charge >= 0.3 is 0 Å². The molecule has 0 bridgehead atoms. The number of hydrogen-bond acceptors (Lipinski definition) is 5. The Kier molecular flexibility index (Phi) is 4.40. The lowest BCUT2D eigenvalue weighted by Gasteiger charge is -2.13. The first-order chi connectivity index (χ1) is 9.65. The summed E-state index contributed by atoms with van der Waals surface area (Å²) in [4.78, 5) is 8.59. The molecule has 2 rings (SSSR count). The number of nitrogens with two attached hydrogens (primary N) is 1. The molecule has 2 N–H and O–H groups in total. The van der Waals surface area contributed by atoms with Gasteiger partial charge in [0.1, 0.15) is 11.6 Å². The van der Waals surface area contributed by atoms with E-state index in [0.717, 1.165) is 5.56 Å². The maximum absolute atomic E-state index is 5.89. The van der Waals surface area contributed by atoms with E-state index >= 15 is 0 Å². The van der Waals surface area contributed by atoms with E-state index in [4.69, 9.17) is 15.2 Å². The van der Waals surface area contributed by atoms with Crippen LogP contribution in [0, 0.1) is 6.92 Å². The van der Waals surface area contributed by atoms with Crippen molar-refractivity contribution in [1.29, 1.82) is 0 Å². The van der Waals surface area contributed by atoms with Crippen LogP contribution in [0.5, 0.6) is 17.4 Å². The van der Waals surface area contributed by atoms with E-state index in [1.165, 1.54) is 0 Å². The number of nitrogen functional groups attached to an aromatic ring is 1. The van der Waals surface area contributed by atoms with Crippen molar-refractivity contribution in [2.24, 2.45) is 0 Å². The molecule has 1 aromatic heterocycles. The van der Waals surface area contributed by atoms with Gasteiger partial charge in [-0.1, -0.05) is 19.1 Å². The highest BCUT2D eigenvalue weighted by atomic mass is 16.5. The van der Waals surface area contributed by atoms with Gasteiger partial charge in [0, 0.05) is 6.42 Å². The Balaban J connectivity index is 2.37. The predicted molar refractivity (Wildman–Crippen MR) is 78.2 cm³/mol. The van der Waals surface area contributed by atoms with Crippen LogP contribution in [0.15, 0.2) is 24.3 Å². The molecule has 0 spiro atoms. The van der Waals surface area contributed by atoms with Crippen molar-refractivity contribution in [3.8, 4) is 17.4 Å². The summed E-state index contributed by atoms with van der Waals surface area (Å²) < 4.78 is 11.4. The van der Waals surface area contributed by atoms with Crippen molar-refractivity contribution >= 4 is 5.82 Å². The monoisotopic (exact) mass is 273 g/mol. The van der Waals surface area contributed by atoms with E-state index in [2.05, 4.69) is 9.97 Å². The van der Waals surface area contributed by atoms with Gasteiger partial charge in [0.25, 0.3) is 0 Å². The van der Waals surface area contributed by atoms with Crippen molar-refractivity contribution in [2.45, 2.75) is 27.2 Å². The van der Waals surface area contributed by atoms with Gasteiger partial charge in [0.2, 0.25) is 5.88 Å². The molecule has 0 saturated heterocycles. The van der Waals surface area contributed by atoms with Gasteiger partial charge in [-0.05, 0) is 26.0 Å². The Labute approximate surface area is 118 Å². The van der Waals surface area contributed by atoms with E-state index in [-0.39, 0.29) is 0 Å². The minimum Gasteiger partial charge on any atom is -0.490 e. The molecule has 20 heavy (non-hydrogen) atoms. The third-order valence-corrected chi connectivity index (χ3v) is 2.86. The van der Waals surface area contributed by atoms with Crippen LogP contribution in [-0.4, -0.2) is 16.6 Å². The second-order valence-electron chi connectivity index (χ2n) is 4.29. The van der Waals surface area contributed by atoms with E-state index in [1.54, 1.807) is 0 Å². The van der Waals surface area contributed by atoms with Gasteiger partial charge in [-0.3, -0.25) is 0 Å². The van der Waals surface area contributed by atoms with E-state index in [0.29, 0.717) is 42.0 Å². The van der Waals surface area contributed by atoms with Crippen LogP contribution >= 0.6 is 0 Å². The molecule has 0 aliphatic heterocycles. The molecule has 0 amide bonds. The largest absolute Gasteiger partial charge is 0.490 e. The minimum atomic E-state index is 0.445. The number of benzene rings is 1. The molecule has 0 aliphatic rings. The molecule has 2 aromatic rings. The Morgan fingerprint density at radius 2 is 1.80 bits per heavy atom. The number of aromatic nitrogens is 2. The third-order valence-electron chi connectivity index (χ3n) is 2.86. The lowest BCUT2D eigenvalue weighted by atomic mass is 10.3. The standard InChI is InChI=1S/C15H19N3O2/c1-4-13-17-14(16)10(3)15(18-13)20-12-9-7-6-8-11(12)19-5-2/h6-9H,4-5H2,1-3H3,(H2,16,17,18). The fraction of sp³-hybridized carbons (Fsp3) is 0.333. The van der Waals surface area contributed by atoms with Crippen molar-refractivity contribution in [3.05, 3.63) is 35.7 Å². The number of rotatable bonds is 5. The van der Waals surface area contributed by atoms with Crippen LogP contribution in [0.3, 0.4) is 0 Å². The Hall–Kier alpha value is -2.30. The maximum atomic E-state index is 5.89. The SMILES string of the molecule is CCOc1ccccc1Oc1nc(CC)nc(N)c1C.